The molecule has 4 saturated carbocycles. The number of ether oxygens (including phenoxy) is 2. The SMILES string of the molecule is CCOC(=O)C1(Sc2ccnc3ccc(Br)cc23)CCC1.CCOC(=O)C1(Sc2ccnc3ccc(C#N)cc23)CCC1.N#Cc1ccc2nccc(SC3(C(=O)O)CCC3)c2c1.N#Cc1ccc2nccc(SC3(C(=O)O)CCC3)c2c1. The van der Waals surface area contributed by atoms with E-state index in [1.54, 1.807) is 90.8 Å². The first-order chi connectivity index (χ1) is 40.1. The molecule has 4 heterocycles. The maximum absolute atomic E-state index is 12.3. The Morgan fingerprint density at radius 1 is 0.458 bits per heavy atom. The Morgan fingerprint density at radius 3 is 0.988 bits per heavy atom. The Hall–Kier alpha value is -7.25. The van der Waals surface area contributed by atoms with Crippen LogP contribution in [0.15, 0.2) is 146 Å². The lowest BCUT2D eigenvalue weighted by Crippen LogP contribution is -2.43. The Kier molecular flexibility index (Phi) is 19.3. The van der Waals surface area contributed by atoms with E-state index >= 15 is 0 Å². The van der Waals surface area contributed by atoms with Crippen LogP contribution < -0.4 is 0 Å². The predicted molar refractivity (Wildman–Crippen MR) is 327 cm³/mol. The molecule has 0 unspecified atom stereocenters. The maximum atomic E-state index is 12.3. The number of fused-ring (bicyclic) bond motifs is 4. The Morgan fingerprint density at radius 2 is 0.735 bits per heavy atom. The van der Waals surface area contributed by atoms with Crippen molar-refractivity contribution in [3.8, 4) is 18.2 Å². The van der Waals surface area contributed by atoms with Gasteiger partial charge < -0.3 is 19.7 Å². The van der Waals surface area contributed by atoms with Crippen LogP contribution in [0, 0.1) is 34.0 Å². The van der Waals surface area contributed by atoms with Gasteiger partial charge in [-0.2, -0.15) is 15.8 Å². The molecule has 4 aliphatic rings. The number of carboxylic acid groups (broad SMARTS) is 2. The molecule has 422 valence electrons. The van der Waals surface area contributed by atoms with Gasteiger partial charge in [0.15, 0.2) is 0 Å². The molecule has 0 spiro atoms. The van der Waals surface area contributed by atoms with Gasteiger partial charge in [0.05, 0.1) is 70.2 Å². The number of nitrogens with zero attached hydrogens (tertiary/aromatic N) is 7. The van der Waals surface area contributed by atoms with Crippen molar-refractivity contribution in [1.29, 1.82) is 15.8 Å². The Bertz CT molecular complexity index is 3800. The van der Waals surface area contributed by atoms with Gasteiger partial charge in [0.25, 0.3) is 0 Å². The van der Waals surface area contributed by atoms with E-state index in [9.17, 15) is 29.4 Å². The third-order valence-corrected chi connectivity index (χ3v) is 21.8. The smallest absolute Gasteiger partial charge is 0.322 e. The van der Waals surface area contributed by atoms with Crippen LogP contribution in [0.4, 0.5) is 0 Å². The highest BCUT2D eigenvalue weighted by atomic mass is 79.9. The van der Waals surface area contributed by atoms with Gasteiger partial charge in [-0.05, 0) is 188 Å². The number of hydrogen-bond acceptors (Lipinski definition) is 17. The van der Waals surface area contributed by atoms with E-state index in [1.807, 2.05) is 62.4 Å². The fourth-order valence-corrected chi connectivity index (χ4v) is 15.9. The van der Waals surface area contributed by atoms with Crippen LogP contribution in [0.1, 0.15) is 108 Å². The van der Waals surface area contributed by atoms with Gasteiger partial charge in [-0.15, -0.1) is 47.0 Å². The molecule has 0 radical (unpaired) electrons. The minimum absolute atomic E-state index is 0.0822. The second kappa shape index (κ2) is 26.5. The molecule has 2 N–H and O–H groups in total. The number of carbonyl (C=O) groups excluding carboxylic acids is 2. The zero-order valence-corrected chi connectivity index (χ0v) is 50.3. The number of benzene rings is 4. The second-order valence-corrected chi connectivity index (χ2v) is 26.9. The van der Waals surface area contributed by atoms with Gasteiger partial charge in [0.1, 0.15) is 19.0 Å². The van der Waals surface area contributed by atoms with Gasteiger partial charge in [-0.1, -0.05) is 15.9 Å². The van der Waals surface area contributed by atoms with Crippen molar-refractivity contribution in [2.45, 2.75) is 129 Å². The monoisotopic (exact) mass is 1250 g/mol. The van der Waals surface area contributed by atoms with Gasteiger partial charge in [-0.3, -0.25) is 39.1 Å². The van der Waals surface area contributed by atoms with Crippen LogP contribution >= 0.6 is 63.0 Å². The lowest BCUT2D eigenvalue weighted by atomic mass is 9.84. The molecule has 0 saturated heterocycles. The molecule has 4 aliphatic carbocycles. The summed E-state index contributed by atoms with van der Waals surface area (Å²) in [5.74, 6) is -1.72. The third-order valence-electron chi connectivity index (χ3n) is 15.1. The fraction of sp³-hybridized carbons (Fsp3) is 0.317. The number of nitriles is 3. The lowest BCUT2D eigenvalue weighted by Gasteiger charge is -2.38. The van der Waals surface area contributed by atoms with Crippen LogP contribution in [0.5, 0.6) is 0 Å². The second-order valence-electron chi connectivity index (χ2n) is 20.3. The average molecular weight is 1250 g/mol. The zero-order valence-electron chi connectivity index (χ0n) is 45.4. The number of thioether (sulfide) groups is 4. The van der Waals surface area contributed by atoms with E-state index in [1.165, 1.54) is 23.5 Å². The summed E-state index contributed by atoms with van der Waals surface area (Å²) >= 11 is 9.45. The number of rotatable bonds is 14. The van der Waals surface area contributed by atoms with Crippen molar-refractivity contribution in [2.75, 3.05) is 13.2 Å². The number of aliphatic carboxylic acids is 2. The van der Waals surface area contributed by atoms with Crippen molar-refractivity contribution in [1.82, 2.24) is 19.9 Å². The number of pyridine rings is 4. The lowest BCUT2D eigenvalue weighted by molar-refractivity contribution is -0.149. The number of carbonyl (C=O) groups is 4. The highest BCUT2D eigenvalue weighted by Crippen LogP contribution is 2.53. The van der Waals surface area contributed by atoms with Gasteiger partial charge >= 0.3 is 23.9 Å². The molecule has 12 rings (SSSR count). The first-order valence-corrected chi connectivity index (χ1v) is 31.2. The summed E-state index contributed by atoms with van der Waals surface area (Å²) in [5.41, 5.74) is 5.07. The fourth-order valence-electron chi connectivity index (χ4n) is 9.79. The standard InChI is InChI=1S/C17H16N2O2S.C16H16BrNO2S.2C15H12N2O2S/c1-2-21-16(20)17(7-3-8-17)22-15-6-9-19-14-5-4-12(11-18)10-13(14)15;1-2-20-15(19)16(7-3-8-16)21-14-6-9-18-13-5-4-11(17)10-12(13)14;2*16-9-10-2-3-12-11(8-10)13(4-7-17-12)20-15(14(18)19)5-1-6-15/h4-6,9-10H,2-3,7-8H2,1H3;4-6,9-10H,2-3,7-8H2,1H3;2*2-4,7-8H,1,5-6H2,(H,18,19). The van der Waals surface area contributed by atoms with Crippen LogP contribution in [0.25, 0.3) is 43.6 Å². The quantitative estimate of drug-likeness (QED) is 0.0960. The first kappa shape index (κ1) is 60.3. The number of halogens is 1. The molecule has 0 atom stereocenters. The molecule has 20 heteroatoms. The highest BCUT2D eigenvalue weighted by molar-refractivity contribution is 9.10. The molecule has 8 aromatic rings. The Labute approximate surface area is 505 Å². The summed E-state index contributed by atoms with van der Waals surface area (Å²) in [6, 6.07) is 36.0. The number of carboxylic acids is 2. The normalized spacial score (nSPS) is 16.2. The minimum Gasteiger partial charge on any atom is -0.480 e. The molecule has 0 amide bonds. The van der Waals surface area contributed by atoms with Gasteiger partial charge in [-0.25, -0.2) is 0 Å². The van der Waals surface area contributed by atoms with E-state index < -0.39 is 30.9 Å². The van der Waals surface area contributed by atoms with E-state index in [0.29, 0.717) is 55.6 Å². The molecular formula is C63H56BrN7O8S4. The van der Waals surface area contributed by atoms with Crippen LogP contribution in [0.3, 0.4) is 0 Å². The van der Waals surface area contributed by atoms with Gasteiger partial charge in [0, 0.05) is 70.4 Å². The van der Waals surface area contributed by atoms with Crippen molar-refractivity contribution < 1.29 is 38.9 Å². The Balaban J connectivity index is 0.000000133. The van der Waals surface area contributed by atoms with Crippen molar-refractivity contribution in [3.05, 3.63) is 143 Å². The molecule has 4 aromatic heterocycles. The van der Waals surface area contributed by atoms with E-state index in [0.717, 1.165) is 119 Å². The number of aromatic nitrogens is 4. The molecular weight excluding hydrogens is 1190 g/mol. The molecule has 0 aliphatic heterocycles. The summed E-state index contributed by atoms with van der Waals surface area (Å²) in [4.78, 5) is 68.6. The van der Waals surface area contributed by atoms with Crippen molar-refractivity contribution >= 4 is 130 Å². The van der Waals surface area contributed by atoms with Gasteiger partial charge in [0.2, 0.25) is 0 Å². The minimum atomic E-state index is -0.754. The van der Waals surface area contributed by atoms with Crippen LogP contribution in [0.2, 0.25) is 0 Å². The van der Waals surface area contributed by atoms with Crippen molar-refractivity contribution in [3.63, 3.8) is 0 Å². The number of esters is 2. The summed E-state index contributed by atoms with van der Waals surface area (Å²) in [6.07, 6.45) is 17.1. The maximum Gasteiger partial charge on any atom is 0.322 e. The predicted octanol–water partition coefficient (Wildman–Crippen LogP) is 14.7. The molecule has 4 fully saturated rings. The molecule has 4 aromatic carbocycles. The summed E-state index contributed by atoms with van der Waals surface area (Å²) < 4.78 is 9.23. The molecule has 83 heavy (non-hydrogen) atoms. The van der Waals surface area contributed by atoms with Crippen molar-refractivity contribution in [2.24, 2.45) is 0 Å². The summed E-state index contributed by atoms with van der Waals surface area (Å²) in [7, 11) is 0. The topological polar surface area (TPSA) is 250 Å². The first-order valence-electron chi connectivity index (χ1n) is 27.1. The highest BCUT2D eigenvalue weighted by Gasteiger charge is 2.49. The van der Waals surface area contributed by atoms with E-state index in [2.05, 4.69) is 60.1 Å². The van der Waals surface area contributed by atoms with Crippen LogP contribution in [-0.2, 0) is 28.7 Å². The summed E-state index contributed by atoms with van der Waals surface area (Å²) in [5, 5.41) is 49.6. The largest absolute Gasteiger partial charge is 0.480 e. The van der Waals surface area contributed by atoms with Crippen LogP contribution in [-0.4, -0.2) is 86.2 Å². The van der Waals surface area contributed by atoms with E-state index in [4.69, 9.17) is 25.3 Å². The zero-order chi connectivity index (χ0) is 58.8. The molecule has 0 bridgehead atoms. The average Bonchev–Trinajstić information content (AvgIpc) is 3.57. The van der Waals surface area contributed by atoms with E-state index in [-0.39, 0.29) is 11.9 Å². The number of hydrogen-bond donors (Lipinski definition) is 2. The molecule has 15 nitrogen and oxygen atoms in total. The summed E-state index contributed by atoms with van der Waals surface area (Å²) in [6.45, 7) is 4.52. The third kappa shape index (κ3) is 13.3.